The van der Waals surface area contributed by atoms with Crippen LogP contribution in [0.25, 0.3) is 11.0 Å². The zero-order valence-corrected chi connectivity index (χ0v) is 18.3. The van der Waals surface area contributed by atoms with Crippen molar-refractivity contribution in [1.82, 2.24) is 24.7 Å². The van der Waals surface area contributed by atoms with Gasteiger partial charge in [0.15, 0.2) is 0 Å². The number of fused-ring (bicyclic) bond motifs is 2. The van der Waals surface area contributed by atoms with Crippen LogP contribution in [0, 0.1) is 5.92 Å². The van der Waals surface area contributed by atoms with Gasteiger partial charge < -0.3 is 14.8 Å². The van der Waals surface area contributed by atoms with Crippen molar-refractivity contribution in [3.8, 4) is 0 Å². The monoisotopic (exact) mass is 427 g/mol. The van der Waals surface area contributed by atoms with E-state index in [1.807, 2.05) is 13.1 Å². The highest BCUT2D eigenvalue weighted by Crippen LogP contribution is 2.31. The van der Waals surface area contributed by atoms with Crippen LogP contribution in [0.2, 0.25) is 0 Å². The Kier molecular flexibility index (Phi) is 8.13. The van der Waals surface area contributed by atoms with Crippen LogP contribution in [0.5, 0.6) is 0 Å². The molecule has 2 fully saturated rings. The van der Waals surface area contributed by atoms with Crippen molar-refractivity contribution in [2.24, 2.45) is 13.0 Å². The molecule has 0 unspecified atom stereocenters. The molecular formula is C20H31Cl2N5O. The Morgan fingerprint density at radius 2 is 2.00 bits per heavy atom. The molecule has 2 aliphatic rings. The van der Waals surface area contributed by atoms with Crippen molar-refractivity contribution in [3.63, 3.8) is 0 Å². The molecule has 2 aromatic rings. The fourth-order valence-electron chi connectivity index (χ4n) is 4.63. The van der Waals surface area contributed by atoms with Crippen LogP contribution in [0.3, 0.4) is 0 Å². The Morgan fingerprint density at radius 1 is 1.21 bits per heavy atom. The molecule has 0 spiro atoms. The maximum atomic E-state index is 12.3. The molecule has 0 aliphatic carbocycles. The van der Waals surface area contributed by atoms with Crippen LogP contribution in [0.15, 0.2) is 24.3 Å². The first-order chi connectivity index (χ1) is 12.7. The van der Waals surface area contributed by atoms with E-state index in [-0.39, 0.29) is 24.8 Å². The van der Waals surface area contributed by atoms with E-state index < -0.39 is 0 Å². The maximum absolute atomic E-state index is 12.3. The molecule has 6 nitrogen and oxygen atoms in total. The lowest BCUT2D eigenvalue weighted by atomic mass is 9.83. The largest absolute Gasteiger partial charge is 0.338 e. The number of para-hydroxylation sites is 2. The summed E-state index contributed by atoms with van der Waals surface area (Å²) in [5.41, 5.74) is 2.26. The van der Waals surface area contributed by atoms with Gasteiger partial charge in [-0.25, -0.2) is 4.98 Å². The smallest absolute Gasteiger partial charge is 0.222 e. The molecular weight excluding hydrogens is 397 g/mol. The topological polar surface area (TPSA) is 53.4 Å². The summed E-state index contributed by atoms with van der Waals surface area (Å²) in [6.45, 7) is 4.70. The normalized spacial score (nSPS) is 22.5. The van der Waals surface area contributed by atoms with Crippen molar-refractivity contribution in [1.29, 1.82) is 0 Å². The van der Waals surface area contributed by atoms with Crippen LogP contribution in [0.4, 0.5) is 0 Å². The molecule has 3 heterocycles. The molecule has 0 saturated carbocycles. The number of amides is 1. The molecule has 1 aromatic heterocycles. The van der Waals surface area contributed by atoms with Gasteiger partial charge in [-0.15, -0.1) is 24.8 Å². The standard InChI is InChI=1S/C20H29N5O.2ClH/c1-21-10-12-25-17-9-11-24(13-15(17)7-8-20(25)26)14-19-22-16-5-3-4-6-18(16)23(19)2;;/h3-6,15,17,21H,7-14H2,1-2H3;2*1H/t15-,17+;;/m0../s1. The number of nitrogens with zero attached hydrogens (tertiary/aromatic N) is 4. The number of aryl methyl sites for hydroxylation is 1. The number of aromatic nitrogens is 2. The van der Waals surface area contributed by atoms with E-state index in [4.69, 9.17) is 4.98 Å². The number of hydrogen-bond acceptors (Lipinski definition) is 4. The van der Waals surface area contributed by atoms with Gasteiger partial charge in [0.1, 0.15) is 5.82 Å². The molecule has 8 heteroatoms. The summed E-state index contributed by atoms with van der Waals surface area (Å²) in [5.74, 6) is 2.06. The summed E-state index contributed by atoms with van der Waals surface area (Å²) in [6.07, 6.45) is 2.80. The first-order valence-electron chi connectivity index (χ1n) is 9.74. The summed E-state index contributed by atoms with van der Waals surface area (Å²) < 4.78 is 2.21. The summed E-state index contributed by atoms with van der Waals surface area (Å²) >= 11 is 0. The Hall–Kier alpha value is -1.34. The third-order valence-electron chi connectivity index (χ3n) is 6.08. The first-order valence-corrected chi connectivity index (χ1v) is 9.74. The van der Waals surface area contributed by atoms with E-state index in [1.165, 1.54) is 5.52 Å². The third-order valence-corrected chi connectivity index (χ3v) is 6.08. The fourth-order valence-corrected chi connectivity index (χ4v) is 4.63. The Morgan fingerprint density at radius 3 is 2.75 bits per heavy atom. The molecule has 156 valence electrons. The van der Waals surface area contributed by atoms with Crippen LogP contribution >= 0.6 is 24.8 Å². The van der Waals surface area contributed by atoms with Crippen molar-refractivity contribution in [3.05, 3.63) is 30.1 Å². The lowest BCUT2D eigenvalue weighted by molar-refractivity contribution is -0.141. The zero-order valence-electron chi connectivity index (χ0n) is 16.6. The second kappa shape index (κ2) is 9.92. The molecule has 0 radical (unpaired) electrons. The number of halogens is 2. The zero-order chi connectivity index (χ0) is 18.1. The highest BCUT2D eigenvalue weighted by molar-refractivity contribution is 5.85. The second-order valence-corrected chi connectivity index (χ2v) is 7.66. The van der Waals surface area contributed by atoms with Gasteiger partial charge in [0.05, 0.1) is 17.6 Å². The molecule has 2 saturated heterocycles. The van der Waals surface area contributed by atoms with Gasteiger partial charge in [-0.2, -0.15) is 0 Å². The van der Waals surface area contributed by atoms with Crippen LogP contribution in [-0.2, 0) is 18.4 Å². The molecule has 2 aliphatic heterocycles. The van der Waals surface area contributed by atoms with Gasteiger partial charge >= 0.3 is 0 Å². The quantitative estimate of drug-likeness (QED) is 0.795. The molecule has 1 N–H and O–H groups in total. The number of nitrogens with one attached hydrogen (secondary N) is 1. The van der Waals surface area contributed by atoms with E-state index >= 15 is 0 Å². The minimum absolute atomic E-state index is 0. The maximum Gasteiger partial charge on any atom is 0.222 e. The van der Waals surface area contributed by atoms with E-state index in [0.717, 1.165) is 56.9 Å². The van der Waals surface area contributed by atoms with Gasteiger partial charge in [0.25, 0.3) is 0 Å². The minimum Gasteiger partial charge on any atom is -0.338 e. The van der Waals surface area contributed by atoms with Gasteiger partial charge in [-0.3, -0.25) is 9.69 Å². The Bertz CT molecular complexity index is 796. The van der Waals surface area contributed by atoms with Crippen LogP contribution in [0.1, 0.15) is 25.1 Å². The average molecular weight is 428 g/mol. The first kappa shape index (κ1) is 22.9. The number of piperidine rings is 2. The molecule has 0 bridgehead atoms. The highest BCUT2D eigenvalue weighted by atomic mass is 35.5. The molecule has 28 heavy (non-hydrogen) atoms. The Balaban J connectivity index is 0.00000140. The summed E-state index contributed by atoms with van der Waals surface area (Å²) in [5, 5.41) is 3.18. The number of imidazole rings is 1. The molecule has 1 amide bonds. The lowest BCUT2D eigenvalue weighted by Gasteiger charge is -2.47. The van der Waals surface area contributed by atoms with Crippen molar-refractivity contribution in [2.75, 3.05) is 33.2 Å². The van der Waals surface area contributed by atoms with Gasteiger partial charge in [-0.1, -0.05) is 12.1 Å². The molecule has 4 rings (SSSR count). The number of likely N-dealkylation sites (N-methyl/N-ethyl adjacent to an activating group) is 1. The van der Waals surface area contributed by atoms with Crippen LogP contribution in [-0.4, -0.2) is 64.5 Å². The van der Waals surface area contributed by atoms with E-state index in [9.17, 15) is 4.79 Å². The lowest BCUT2D eigenvalue weighted by Crippen LogP contribution is -2.56. The van der Waals surface area contributed by atoms with Crippen molar-refractivity contribution < 1.29 is 4.79 Å². The Labute approximate surface area is 179 Å². The molecule has 2 atom stereocenters. The summed E-state index contributed by atoms with van der Waals surface area (Å²) in [7, 11) is 4.06. The van der Waals surface area contributed by atoms with Crippen LogP contribution < -0.4 is 5.32 Å². The number of benzene rings is 1. The van der Waals surface area contributed by atoms with E-state index in [1.54, 1.807) is 0 Å². The van der Waals surface area contributed by atoms with Gasteiger partial charge in [0.2, 0.25) is 5.91 Å². The summed E-state index contributed by atoms with van der Waals surface area (Å²) in [6, 6.07) is 8.74. The minimum atomic E-state index is 0. The van der Waals surface area contributed by atoms with Crippen molar-refractivity contribution >= 4 is 41.8 Å². The predicted molar refractivity (Wildman–Crippen MR) is 117 cm³/mol. The molecule has 1 aromatic carbocycles. The average Bonchev–Trinajstić information content (AvgIpc) is 2.97. The second-order valence-electron chi connectivity index (χ2n) is 7.66. The number of rotatable bonds is 5. The summed E-state index contributed by atoms with van der Waals surface area (Å²) in [4.78, 5) is 21.8. The fraction of sp³-hybridized carbons (Fsp3) is 0.600. The number of carbonyl (C=O) groups is 1. The van der Waals surface area contributed by atoms with Crippen molar-refractivity contribution in [2.45, 2.75) is 31.8 Å². The van der Waals surface area contributed by atoms with E-state index in [0.29, 0.717) is 24.3 Å². The van der Waals surface area contributed by atoms with E-state index in [2.05, 4.69) is 44.9 Å². The third kappa shape index (κ3) is 4.46. The SMILES string of the molecule is CNCCN1C(=O)CC[C@H]2CN(Cc3nc4ccccc4n3C)CC[C@H]21.Cl.Cl. The predicted octanol–water partition coefficient (Wildman–Crippen LogP) is 2.45. The number of likely N-dealkylation sites (tertiary alicyclic amines) is 2. The van der Waals surface area contributed by atoms with Gasteiger partial charge in [-0.05, 0) is 37.9 Å². The number of hydrogen-bond donors (Lipinski definition) is 1. The number of carbonyl (C=O) groups excluding carboxylic acids is 1. The highest BCUT2D eigenvalue weighted by Gasteiger charge is 2.39. The van der Waals surface area contributed by atoms with Gasteiger partial charge in [0, 0.05) is 45.7 Å².